The molecule has 0 saturated heterocycles. The molecule has 3 heteroatoms. The Kier molecular flexibility index (Phi) is 5.21. The summed E-state index contributed by atoms with van der Waals surface area (Å²) in [6.45, 7) is 4.46. The molecule has 1 aromatic heterocycles. The fourth-order valence-corrected chi connectivity index (χ4v) is 3.10. The molecule has 1 N–H and O–H groups in total. The van der Waals surface area contributed by atoms with Crippen molar-refractivity contribution in [2.24, 2.45) is 0 Å². The molecule has 2 aromatic rings. The number of likely N-dealkylation sites (N-methyl/N-ethyl adjacent to an activating group) is 1. The van der Waals surface area contributed by atoms with Gasteiger partial charge >= 0.3 is 0 Å². The predicted octanol–water partition coefficient (Wildman–Crippen LogP) is 4.10. The Labute approximate surface area is 126 Å². The van der Waals surface area contributed by atoms with E-state index in [0.29, 0.717) is 12.1 Å². The lowest BCUT2D eigenvalue weighted by Gasteiger charge is -2.27. The summed E-state index contributed by atoms with van der Waals surface area (Å²) in [6, 6.07) is 14.1. The van der Waals surface area contributed by atoms with Gasteiger partial charge < -0.3 is 10.2 Å². The van der Waals surface area contributed by atoms with Gasteiger partial charge in [0.1, 0.15) is 0 Å². The highest BCUT2D eigenvalue weighted by molar-refractivity contribution is 7.09. The van der Waals surface area contributed by atoms with E-state index in [1.807, 2.05) is 18.4 Å². The molecular formula is C17H24N2S. The smallest absolute Gasteiger partial charge is 0.0366 e. The Bertz CT molecular complexity index is 504. The molecule has 0 radical (unpaired) electrons. The maximum atomic E-state index is 3.27. The van der Waals surface area contributed by atoms with E-state index in [-0.39, 0.29) is 0 Å². The van der Waals surface area contributed by atoms with E-state index in [0.717, 1.165) is 6.42 Å². The fourth-order valence-electron chi connectivity index (χ4n) is 2.28. The van der Waals surface area contributed by atoms with Crippen LogP contribution in [0.5, 0.6) is 0 Å². The minimum atomic E-state index is 0.401. The van der Waals surface area contributed by atoms with Crippen LogP contribution < -0.4 is 10.2 Å². The van der Waals surface area contributed by atoms with Crippen molar-refractivity contribution >= 4 is 17.0 Å². The van der Waals surface area contributed by atoms with Crippen LogP contribution in [0.15, 0.2) is 41.8 Å². The van der Waals surface area contributed by atoms with Gasteiger partial charge in [0.15, 0.2) is 0 Å². The van der Waals surface area contributed by atoms with Gasteiger partial charge in [0.25, 0.3) is 0 Å². The summed E-state index contributed by atoms with van der Waals surface area (Å²) in [6.07, 6.45) is 1.10. The zero-order valence-corrected chi connectivity index (χ0v) is 13.6. The van der Waals surface area contributed by atoms with E-state index < -0.39 is 0 Å². The number of rotatable bonds is 6. The van der Waals surface area contributed by atoms with Gasteiger partial charge in [-0.1, -0.05) is 18.2 Å². The van der Waals surface area contributed by atoms with E-state index in [4.69, 9.17) is 0 Å². The second-order valence-electron chi connectivity index (χ2n) is 5.35. The Morgan fingerprint density at radius 2 is 1.85 bits per heavy atom. The van der Waals surface area contributed by atoms with Gasteiger partial charge in [0.05, 0.1) is 0 Å². The molecule has 0 aliphatic carbocycles. The van der Waals surface area contributed by atoms with Crippen LogP contribution in [-0.4, -0.2) is 20.1 Å². The quantitative estimate of drug-likeness (QED) is 0.861. The largest absolute Gasteiger partial charge is 0.372 e. The minimum absolute atomic E-state index is 0.401. The molecule has 2 atom stereocenters. The highest BCUT2D eigenvalue weighted by Gasteiger charge is 2.12. The molecule has 2 unspecified atom stereocenters. The van der Waals surface area contributed by atoms with Crippen LogP contribution in [0.1, 0.15) is 30.3 Å². The number of hydrogen-bond donors (Lipinski definition) is 1. The molecule has 0 spiro atoms. The second kappa shape index (κ2) is 6.91. The maximum absolute atomic E-state index is 3.27. The molecule has 2 nitrogen and oxygen atoms in total. The van der Waals surface area contributed by atoms with Crippen LogP contribution in [0.2, 0.25) is 0 Å². The summed E-state index contributed by atoms with van der Waals surface area (Å²) in [4.78, 5) is 3.80. The van der Waals surface area contributed by atoms with E-state index in [9.17, 15) is 0 Å². The highest BCUT2D eigenvalue weighted by atomic mass is 32.1. The lowest BCUT2D eigenvalue weighted by atomic mass is 10.1. The third-order valence-electron chi connectivity index (χ3n) is 3.97. The van der Waals surface area contributed by atoms with Crippen molar-refractivity contribution < 1.29 is 0 Å². The average molecular weight is 288 g/mol. The van der Waals surface area contributed by atoms with Crippen molar-refractivity contribution in [3.05, 3.63) is 52.2 Å². The first-order valence-electron chi connectivity index (χ1n) is 7.14. The molecule has 0 aliphatic heterocycles. The Morgan fingerprint density at radius 1 is 1.15 bits per heavy atom. The van der Waals surface area contributed by atoms with Gasteiger partial charge in [-0.3, -0.25) is 0 Å². The van der Waals surface area contributed by atoms with E-state index in [1.54, 1.807) is 0 Å². The molecule has 108 valence electrons. The summed E-state index contributed by atoms with van der Waals surface area (Å²) < 4.78 is 0. The van der Waals surface area contributed by atoms with Crippen molar-refractivity contribution in [3.8, 4) is 0 Å². The number of hydrogen-bond acceptors (Lipinski definition) is 3. The van der Waals surface area contributed by atoms with Gasteiger partial charge in [-0.2, -0.15) is 0 Å². The van der Waals surface area contributed by atoms with E-state index >= 15 is 0 Å². The second-order valence-corrected chi connectivity index (χ2v) is 6.38. The summed E-state index contributed by atoms with van der Waals surface area (Å²) >= 11 is 1.84. The number of nitrogens with zero attached hydrogens (tertiary/aromatic N) is 1. The third-order valence-corrected chi connectivity index (χ3v) is 4.87. The first-order valence-corrected chi connectivity index (χ1v) is 8.02. The summed E-state index contributed by atoms with van der Waals surface area (Å²) in [7, 11) is 4.17. The van der Waals surface area contributed by atoms with Crippen molar-refractivity contribution in [2.75, 3.05) is 19.0 Å². The molecule has 1 aromatic carbocycles. The molecule has 1 heterocycles. The minimum Gasteiger partial charge on any atom is -0.372 e. The van der Waals surface area contributed by atoms with E-state index in [2.05, 4.69) is 72.9 Å². The van der Waals surface area contributed by atoms with Gasteiger partial charge in [-0.15, -0.1) is 11.3 Å². The lowest BCUT2D eigenvalue weighted by Crippen LogP contribution is -2.30. The predicted molar refractivity (Wildman–Crippen MR) is 89.8 cm³/mol. The van der Waals surface area contributed by atoms with Gasteiger partial charge in [-0.25, -0.2) is 0 Å². The monoisotopic (exact) mass is 288 g/mol. The zero-order chi connectivity index (χ0) is 14.5. The molecule has 20 heavy (non-hydrogen) atoms. The average Bonchev–Trinajstić information content (AvgIpc) is 2.98. The number of nitrogens with one attached hydrogen (secondary N) is 1. The number of anilines is 1. The zero-order valence-electron chi connectivity index (χ0n) is 12.8. The van der Waals surface area contributed by atoms with Gasteiger partial charge in [-0.05, 0) is 50.0 Å². The molecule has 2 rings (SSSR count). The normalized spacial score (nSPS) is 14.0. The SMILES string of the molecule is CNC(C)c1ccc(N(C)C(C)Cc2cccs2)cc1. The van der Waals surface area contributed by atoms with Crippen molar-refractivity contribution in [1.29, 1.82) is 0 Å². The third kappa shape index (κ3) is 3.62. The van der Waals surface area contributed by atoms with Crippen LogP contribution in [0.25, 0.3) is 0 Å². The summed E-state index contributed by atoms with van der Waals surface area (Å²) in [5, 5.41) is 5.42. The van der Waals surface area contributed by atoms with Crippen molar-refractivity contribution in [1.82, 2.24) is 5.32 Å². The molecular weight excluding hydrogens is 264 g/mol. The van der Waals surface area contributed by atoms with Crippen LogP contribution in [0.4, 0.5) is 5.69 Å². The molecule has 0 aliphatic rings. The van der Waals surface area contributed by atoms with Crippen LogP contribution >= 0.6 is 11.3 Å². The molecule has 0 amide bonds. The van der Waals surface area contributed by atoms with Gasteiger partial charge in [0.2, 0.25) is 0 Å². The molecule has 0 fully saturated rings. The Morgan fingerprint density at radius 3 is 2.40 bits per heavy atom. The topological polar surface area (TPSA) is 15.3 Å². The Balaban J connectivity index is 2.02. The molecule has 0 bridgehead atoms. The van der Waals surface area contributed by atoms with Crippen LogP contribution in [0, 0.1) is 0 Å². The number of thiophene rings is 1. The fraction of sp³-hybridized carbons (Fsp3) is 0.412. The number of benzene rings is 1. The Hall–Kier alpha value is -1.32. The molecule has 0 saturated carbocycles. The summed E-state index contributed by atoms with van der Waals surface area (Å²) in [5.74, 6) is 0. The first kappa shape index (κ1) is 15.1. The van der Waals surface area contributed by atoms with Crippen molar-refractivity contribution in [2.45, 2.75) is 32.4 Å². The van der Waals surface area contributed by atoms with E-state index in [1.165, 1.54) is 16.1 Å². The standard InChI is InChI=1S/C17H24N2S/c1-13(12-17-6-5-11-20-17)19(4)16-9-7-15(8-10-16)14(2)18-3/h5-11,13-14,18H,12H2,1-4H3. The highest BCUT2D eigenvalue weighted by Crippen LogP contribution is 2.21. The summed E-state index contributed by atoms with van der Waals surface area (Å²) in [5.41, 5.74) is 2.61. The first-order chi connectivity index (χ1) is 9.61. The lowest BCUT2D eigenvalue weighted by molar-refractivity contribution is 0.651. The van der Waals surface area contributed by atoms with Crippen LogP contribution in [0.3, 0.4) is 0 Å². The maximum Gasteiger partial charge on any atom is 0.0366 e. The van der Waals surface area contributed by atoms with Crippen LogP contribution in [-0.2, 0) is 6.42 Å². The van der Waals surface area contributed by atoms with Crippen molar-refractivity contribution in [3.63, 3.8) is 0 Å². The van der Waals surface area contributed by atoms with Gasteiger partial charge in [0, 0.05) is 36.1 Å².